The van der Waals surface area contributed by atoms with Crippen LogP contribution in [0.2, 0.25) is 0 Å². The van der Waals surface area contributed by atoms with Gasteiger partial charge in [0.2, 0.25) is 0 Å². The van der Waals surface area contributed by atoms with Gasteiger partial charge in [-0.2, -0.15) is 0 Å². The Morgan fingerprint density at radius 1 is 0.220 bits per heavy atom. The first-order valence-corrected chi connectivity index (χ1v) is 15.0. The summed E-state index contributed by atoms with van der Waals surface area (Å²) in [7, 11) is -5.83. The van der Waals surface area contributed by atoms with Gasteiger partial charge in [0.05, 0.1) is 0 Å². The van der Waals surface area contributed by atoms with Gasteiger partial charge >= 0.3 is 0 Å². The van der Waals surface area contributed by atoms with E-state index in [1.165, 1.54) is 0 Å². The van der Waals surface area contributed by atoms with Gasteiger partial charge in [0.25, 0.3) is 0 Å². The van der Waals surface area contributed by atoms with Crippen LogP contribution in [0.25, 0.3) is 0 Å². The molecule has 0 aromatic heterocycles. The minimum absolute atomic E-state index is 1.07. The van der Waals surface area contributed by atoms with Crippen LogP contribution in [0.4, 0.5) is 34.1 Å². The molecule has 0 aliphatic carbocycles. The number of hydrogen-bond donors (Lipinski definition) is 6. The van der Waals surface area contributed by atoms with Crippen molar-refractivity contribution in [1.82, 2.24) is 0 Å². The second kappa shape index (κ2) is 33.9. The molecule has 6 rings (SSSR count). The van der Waals surface area contributed by atoms with E-state index in [1.54, 1.807) is 0 Å². The summed E-state index contributed by atoms with van der Waals surface area (Å²) in [6.45, 7) is 0. The Hall–Kier alpha value is -5.03. The van der Waals surface area contributed by atoms with Crippen molar-refractivity contribution in [3.8, 4) is 0 Å². The predicted molar refractivity (Wildman–Crippen MR) is 185 cm³/mol. The Balaban J connectivity index is 0. The highest BCUT2D eigenvalue weighted by molar-refractivity contribution is 6.24. The van der Waals surface area contributed by atoms with Gasteiger partial charge < -0.3 is 64.5 Å². The number of rotatable bonds is 0. The molecule has 264 valence electrons. The van der Waals surface area contributed by atoms with Crippen molar-refractivity contribution in [3.05, 3.63) is 182 Å². The number of benzene rings is 6. The fourth-order valence-corrected chi connectivity index (χ4v) is 2.87. The lowest BCUT2D eigenvalue weighted by molar-refractivity contribution is -0.481. The lowest BCUT2D eigenvalue weighted by atomic mass is 10.3. The van der Waals surface area contributed by atoms with E-state index in [0.29, 0.717) is 0 Å². The van der Waals surface area contributed by atoms with E-state index >= 15 is 0 Å². The van der Waals surface area contributed by atoms with Crippen LogP contribution in [0.15, 0.2) is 182 Å². The molecule has 18 N–H and O–H groups in total. The highest BCUT2D eigenvalue weighted by atomic mass is 16.5. The van der Waals surface area contributed by atoms with Crippen molar-refractivity contribution in [2.24, 2.45) is 0 Å². The molecule has 6 aromatic carbocycles. The summed E-state index contributed by atoms with van der Waals surface area (Å²) in [5.74, 6) is 0. The van der Waals surface area contributed by atoms with E-state index in [9.17, 15) is 0 Å². The lowest BCUT2D eigenvalue weighted by Crippen LogP contribution is -2.56. The van der Waals surface area contributed by atoms with Gasteiger partial charge in [-0.05, 0) is 72.8 Å². The van der Waals surface area contributed by atoms with Crippen molar-refractivity contribution in [2.75, 3.05) is 0 Å². The van der Waals surface area contributed by atoms with Gasteiger partial charge in [-0.15, -0.1) is 0 Å². The number of quaternary nitrogens is 6. The fraction of sp³-hybridized carbons (Fsp3) is 0. The Labute approximate surface area is 294 Å². The van der Waals surface area contributed by atoms with Crippen molar-refractivity contribution in [1.29, 1.82) is 0 Å². The van der Waals surface area contributed by atoms with Crippen molar-refractivity contribution in [2.45, 2.75) is 0 Å². The highest BCUT2D eigenvalue weighted by Gasteiger charge is 1.80. The van der Waals surface area contributed by atoms with Crippen LogP contribution in [0.1, 0.15) is 0 Å². The van der Waals surface area contributed by atoms with E-state index < -0.39 is 14.6 Å². The molecule has 0 heterocycles. The third-order valence-corrected chi connectivity index (χ3v) is 5.06. The van der Waals surface area contributed by atoms with Gasteiger partial charge in [0.1, 0.15) is 34.1 Å². The quantitative estimate of drug-likeness (QED) is 0.0857. The standard InChI is InChI=1S/6C6H7N.2BO3/c6*7-6-4-2-1-3-5-6;2*2-1(3)4/h6*1-5H,7H2;;/q;;;;;;2*-3/p+6. The third kappa shape index (κ3) is 41.0. The van der Waals surface area contributed by atoms with Crippen molar-refractivity contribution < 1.29 is 64.5 Å². The van der Waals surface area contributed by atoms with Gasteiger partial charge in [0.15, 0.2) is 0 Å². The van der Waals surface area contributed by atoms with Crippen LogP contribution in [0, 0.1) is 0 Å². The number of hydrogen-bond acceptors (Lipinski definition) is 6. The SMILES string of the molecule is [NH3+]c1ccccc1.[NH3+]c1ccccc1.[NH3+]c1ccccc1.[NH3+]c1ccccc1.[NH3+]c1ccccc1.[NH3+]c1ccccc1.[O-]B([O-])[O-].[O-]B([O-])[O-]. The Morgan fingerprint density at radius 2 is 0.300 bits per heavy atom. The molecule has 0 spiro atoms. The average molecular weight is 682 g/mol. The molecule has 0 saturated heterocycles. The second-order valence-corrected chi connectivity index (χ2v) is 9.49. The molecular weight excluding hydrogens is 634 g/mol. The topological polar surface area (TPSA) is 304 Å². The third-order valence-electron chi connectivity index (χ3n) is 5.06. The summed E-state index contributed by atoms with van der Waals surface area (Å²) >= 11 is 0. The van der Waals surface area contributed by atoms with E-state index in [0.717, 1.165) is 34.1 Å². The van der Waals surface area contributed by atoms with Crippen LogP contribution >= 0.6 is 0 Å². The first-order valence-electron chi connectivity index (χ1n) is 15.0. The molecule has 0 radical (unpaired) electrons. The highest BCUT2D eigenvalue weighted by Crippen LogP contribution is 1.96. The molecule has 0 amide bonds. The average Bonchev–Trinajstić information content (AvgIpc) is 3.08. The van der Waals surface area contributed by atoms with E-state index in [2.05, 4.69) is 34.4 Å². The maximum absolute atomic E-state index is 8.42. The first-order chi connectivity index (χ1) is 23.8. The molecule has 12 nitrogen and oxygen atoms in total. The predicted octanol–water partition coefficient (Wildman–Crippen LogP) is -4.54. The Kier molecular flexibility index (Phi) is 31.9. The monoisotopic (exact) mass is 682 g/mol. The lowest BCUT2D eigenvalue weighted by Gasteiger charge is -2.35. The molecule has 14 heteroatoms. The minimum Gasteiger partial charge on any atom is -0.907 e. The van der Waals surface area contributed by atoms with Crippen molar-refractivity contribution in [3.63, 3.8) is 0 Å². The zero-order valence-electron chi connectivity index (χ0n) is 28.2. The summed E-state index contributed by atoms with van der Waals surface area (Å²) in [5, 5.41) is 50.5. The Bertz CT molecular complexity index is 1220. The smallest absolute Gasteiger partial charge is 0.127 e. The normalized spacial score (nSPS) is 8.40. The molecule has 0 aliphatic heterocycles. The van der Waals surface area contributed by atoms with Crippen LogP contribution < -0.4 is 64.5 Å². The zero-order valence-corrected chi connectivity index (χ0v) is 28.2. The van der Waals surface area contributed by atoms with E-state index in [1.807, 2.05) is 182 Å². The molecule has 50 heavy (non-hydrogen) atoms. The zero-order chi connectivity index (χ0) is 37.8. The molecule has 0 unspecified atom stereocenters. The van der Waals surface area contributed by atoms with Gasteiger partial charge in [-0.25, -0.2) is 0 Å². The largest absolute Gasteiger partial charge is 0.907 e. The molecule has 0 saturated carbocycles. The molecule has 0 bridgehead atoms. The van der Waals surface area contributed by atoms with Crippen LogP contribution in [-0.4, -0.2) is 14.6 Å². The van der Waals surface area contributed by atoms with Crippen LogP contribution in [0.5, 0.6) is 0 Å². The second-order valence-electron chi connectivity index (χ2n) is 9.49. The maximum atomic E-state index is 8.42. The van der Waals surface area contributed by atoms with Crippen LogP contribution in [0.3, 0.4) is 0 Å². The van der Waals surface area contributed by atoms with E-state index in [4.69, 9.17) is 30.1 Å². The van der Waals surface area contributed by atoms with Crippen LogP contribution in [-0.2, 0) is 0 Å². The summed E-state index contributed by atoms with van der Waals surface area (Å²) < 4.78 is 0. The molecular formula is C36H48B2N6O6. The summed E-state index contributed by atoms with van der Waals surface area (Å²) in [4.78, 5) is 0. The molecule has 6 aromatic rings. The minimum atomic E-state index is -2.92. The van der Waals surface area contributed by atoms with Gasteiger partial charge in [-0.3, -0.25) is 14.6 Å². The molecule has 0 fully saturated rings. The fourth-order valence-electron chi connectivity index (χ4n) is 2.87. The summed E-state index contributed by atoms with van der Waals surface area (Å²) in [6, 6.07) is 59.2. The van der Waals surface area contributed by atoms with Gasteiger partial charge in [0, 0.05) is 0 Å². The van der Waals surface area contributed by atoms with Crippen molar-refractivity contribution >= 4 is 48.8 Å². The van der Waals surface area contributed by atoms with E-state index in [-0.39, 0.29) is 0 Å². The first kappa shape index (κ1) is 47.1. The van der Waals surface area contributed by atoms with Gasteiger partial charge in [-0.1, -0.05) is 109 Å². The molecule has 0 atom stereocenters. The summed E-state index contributed by atoms with van der Waals surface area (Å²) in [6.07, 6.45) is 0. The Morgan fingerprint density at radius 3 is 0.340 bits per heavy atom. The maximum Gasteiger partial charge on any atom is 0.127 e. The molecule has 0 aliphatic rings. The summed E-state index contributed by atoms with van der Waals surface area (Å²) in [5.41, 5.74) is 28.8.